The van der Waals surface area contributed by atoms with Crippen LogP contribution in [0.25, 0.3) is 22.3 Å². The number of amides is 1. The molecular formula is C21H23ClN6O2. The summed E-state index contributed by atoms with van der Waals surface area (Å²) in [5.74, 6) is 1.00. The number of fused-ring (bicyclic) bond motifs is 1. The van der Waals surface area contributed by atoms with Gasteiger partial charge in [-0.2, -0.15) is 0 Å². The van der Waals surface area contributed by atoms with Crippen molar-refractivity contribution in [3.05, 3.63) is 41.6 Å². The van der Waals surface area contributed by atoms with E-state index in [0.717, 1.165) is 18.0 Å². The average Bonchev–Trinajstić information content (AvgIpc) is 3.11. The van der Waals surface area contributed by atoms with Gasteiger partial charge in [-0.05, 0) is 36.8 Å². The number of pyridine rings is 1. The first-order valence-electron chi connectivity index (χ1n) is 9.97. The van der Waals surface area contributed by atoms with Gasteiger partial charge in [0, 0.05) is 30.7 Å². The van der Waals surface area contributed by atoms with E-state index in [-0.39, 0.29) is 11.7 Å². The maximum absolute atomic E-state index is 11.0. The van der Waals surface area contributed by atoms with E-state index >= 15 is 0 Å². The monoisotopic (exact) mass is 426 g/mol. The minimum Gasteiger partial charge on any atom is -0.465 e. The molecule has 1 saturated carbocycles. The maximum atomic E-state index is 11.0. The number of nitrogens with one attached hydrogen (secondary N) is 2. The fraction of sp³-hybridized carbons (Fsp3) is 0.381. The Morgan fingerprint density at radius 2 is 2.07 bits per heavy atom. The lowest BCUT2D eigenvalue weighted by molar-refractivity contribution is 0.200. The Labute approximate surface area is 178 Å². The van der Waals surface area contributed by atoms with Gasteiger partial charge in [-0.15, -0.1) is 0 Å². The smallest absolute Gasteiger partial charge is 0.410 e. The summed E-state index contributed by atoms with van der Waals surface area (Å²) >= 11 is 6.16. The van der Waals surface area contributed by atoms with E-state index in [0.29, 0.717) is 27.7 Å². The van der Waals surface area contributed by atoms with Gasteiger partial charge in [0.05, 0.1) is 16.1 Å². The zero-order valence-corrected chi connectivity index (χ0v) is 17.4. The first-order chi connectivity index (χ1) is 14.4. The Balaban J connectivity index is 1.79. The number of carbonyl (C=O) groups is 1. The third kappa shape index (κ3) is 4.28. The number of amidine groups is 1. The molecule has 1 aliphatic rings. The highest BCUT2D eigenvalue weighted by molar-refractivity contribution is 6.30. The number of halogens is 1. The molecule has 0 atom stereocenters. The highest BCUT2D eigenvalue weighted by Gasteiger charge is 2.22. The Morgan fingerprint density at radius 3 is 2.77 bits per heavy atom. The van der Waals surface area contributed by atoms with Crippen LogP contribution < -0.4 is 5.32 Å². The van der Waals surface area contributed by atoms with Crippen LogP contribution in [-0.4, -0.2) is 36.6 Å². The standard InChI is InChI=1S/C21H23ClN6O2/c1-12-2-4-13(5-3-12)11-28-7-6-16-18(28)17(14-8-15(22)10-24-9-14)26-20(25-16)19(23)27-21(29)30/h6-10,12-13H,2-5,11H2,1H3,(H2,23,27)(H,29,30). The number of rotatable bonds is 4. The van der Waals surface area contributed by atoms with Crippen LogP contribution in [0.2, 0.25) is 5.02 Å². The molecule has 156 valence electrons. The van der Waals surface area contributed by atoms with E-state index in [9.17, 15) is 4.79 Å². The van der Waals surface area contributed by atoms with E-state index in [1.165, 1.54) is 25.7 Å². The first kappa shape index (κ1) is 20.3. The molecule has 3 heterocycles. The molecule has 0 saturated heterocycles. The maximum Gasteiger partial charge on any atom is 0.410 e. The lowest BCUT2D eigenvalue weighted by Gasteiger charge is -2.26. The number of hydrogen-bond acceptors (Lipinski definition) is 5. The molecule has 1 amide bonds. The molecule has 30 heavy (non-hydrogen) atoms. The van der Waals surface area contributed by atoms with Crippen molar-refractivity contribution in [2.75, 3.05) is 0 Å². The van der Waals surface area contributed by atoms with Crippen LogP contribution in [0.4, 0.5) is 4.79 Å². The fourth-order valence-corrected chi connectivity index (χ4v) is 4.24. The van der Waals surface area contributed by atoms with E-state index in [1.807, 2.05) is 17.6 Å². The summed E-state index contributed by atoms with van der Waals surface area (Å²) in [5, 5.41) is 19.4. The predicted molar refractivity (Wildman–Crippen MR) is 115 cm³/mol. The minimum absolute atomic E-state index is 0.00381. The van der Waals surface area contributed by atoms with Crippen molar-refractivity contribution in [3.63, 3.8) is 0 Å². The van der Waals surface area contributed by atoms with Gasteiger partial charge in [0.2, 0.25) is 0 Å². The molecule has 0 unspecified atom stereocenters. The third-order valence-electron chi connectivity index (χ3n) is 5.63. The second-order valence-electron chi connectivity index (χ2n) is 7.92. The van der Waals surface area contributed by atoms with Crippen LogP contribution in [0, 0.1) is 17.2 Å². The summed E-state index contributed by atoms with van der Waals surface area (Å²) in [6, 6.07) is 3.63. The quantitative estimate of drug-likeness (QED) is 0.417. The van der Waals surface area contributed by atoms with Gasteiger partial charge in [0.15, 0.2) is 11.7 Å². The van der Waals surface area contributed by atoms with Crippen LogP contribution >= 0.6 is 11.6 Å². The highest BCUT2D eigenvalue weighted by atomic mass is 35.5. The van der Waals surface area contributed by atoms with E-state index in [1.54, 1.807) is 18.5 Å². The molecule has 0 aromatic carbocycles. The normalized spacial score (nSPS) is 19.0. The van der Waals surface area contributed by atoms with E-state index in [4.69, 9.17) is 22.1 Å². The van der Waals surface area contributed by atoms with Crippen LogP contribution in [0.5, 0.6) is 0 Å². The summed E-state index contributed by atoms with van der Waals surface area (Å²) in [6.07, 6.45) is 8.73. The van der Waals surface area contributed by atoms with E-state index in [2.05, 4.69) is 26.4 Å². The molecule has 4 rings (SSSR count). The molecule has 0 bridgehead atoms. The minimum atomic E-state index is -1.33. The predicted octanol–water partition coefficient (Wildman–Crippen LogP) is 4.57. The third-order valence-corrected chi connectivity index (χ3v) is 5.84. The lowest BCUT2D eigenvalue weighted by atomic mass is 9.83. The van der Waals surface area contributed by atoms with Crippen molar-refractivity contribution in [1.29, 1.82) is 5.41 Å². The Bertz CT molecular complexity index is 1100. The summed E-state index contributed by atoms with van der Waals surface area (Å²) in [5.41, 5.74) is 2.76. The zero-order chi connectivity index (χ0) is 21.3. The van der Waals surface area contributed by atoms with Crippen LogP contribution in [0.15, 0.2) is 30.7 Å². The number of carboxylic acid groups (broad SMARTS) is 1. The van der Waals surface area contributed by atoms with E-state index < -0.39 is 6.09 Å². The molecule has 8 nitrogen and oxygen atoms in total. The second-order valence-corrected chi connectivity index (χ2v) is 8.36. The second kappa shape index (κ2) is 8.39. The molecule has 0 radical (unpaired) electrons. The number of aromatic nitrogens is 4. The van der Waals surface area contributed by atoms with Gasteiger partial charge >= 0.3 is 6.09 Å². The van der Waals surface area contributed by atoms with Crippen LogP contribution in [0.1, 0.15) is 38.4 Å². The van der Waals surface area contributed by atoms with Crippen molar-refractivity contribution < 1.29 is 9.90 Å². The molecule has 0 aliphatic heterocycles. The Hall–Kier alpha value is -3.00. The van der Waals surface area contributed by atoms with Crippen LogP contribution in [-0.2, 0) is 6.54 Å². The van der Waals surface area contributed by atoms with Crippen LogP contribution in [0.3, 0.4) is 0 Å². The van der Waals surface area contributed by atoms with Crippen molar-refractivity contribution in [1.82, 2.24) is 24.8 Å². The fourth-order valence-electron chi connectivity index (χ4n) is 4.07. The molecular weight excluding hydrogens is 404 g/mol. The summed E-state index contributed by atoms with van der Waals surface area (Å²) in [7, 11) is 0. The largest absolute Gasteiger partial charge is 0.465 e. The zero-order valence-electron chi connectivity index (χ0n) is 16.6. The van der Waals surface area contributed by atoms with Gasteiger partial charge in [0.25, 0.3) is 0 Å². The first-order valence-corrected chi connectivity index (χ1v) is 10.3. The molecule has 3 aromatic heterocycles. The average molecular weight is 427 g/mol. The molecule has 1 aliphatic carbocycles. The van der Waals surface area contributed by atoms with Gasteiger partial charge in [-0.25, -0.2) is 14.8 Å². The highest BCUT2D eigenvalue weighted by Crippen LogP contribution is 2.33. The van der Waals surface area contributed by atoms with Crippen molar-refractivity contribution in [2.24, 2.45) is 11.8 Å². The molecule has 9 heteroatoms. The molecule has 3 N–H and O–H groups in total. The molecule has 1 fully saturated rings. The van der Waals surface area contributed by atoms with Crippen molar-refractivity contribution in [3.8, 4) is 11.3 Å². The lowest BCUT2D eigenvalue weighted by Crippen LogP contribution is -2.30. The SMILES string of the molecule is CC1CCC(Cn2ccc3nc(C(=N)NC(=O)O)nc(-c4cncc(Cl)c4)c32)CC1. The van der Waals surface area contributed by atoms with Gasteiger partial charge in [0.1, 0.15) is 5.69 Å². The number of nitrogens with zero attached hydrogens (tertiary/aromatic N) is 4. The Morgan fingerprint density at radius 1 is 1.30 bits per heavy atom. The molecule has 0 spiro atoms. The summed E-state index contributed by atoms with van der Waals surface area (Å²) < 4.78 is 2.16. The summed E-state index contributed by atoms with van der Waals surface area (Å²) in [4.78, 5) is 24.1. The summed E-state index contributed by atoms with van der Waals surface area (Å²) in [6.45, 7) is 3.17. The number of hydrogen-bond donors (Lipinski definition) is 3. The topological polar surface area (TPSA) is 117 Å². The molecule has 3 aromatic rings. The van der Waals surface area contributed by atoms with Crippen molar-refractivity contribution >= 4 is 34.6 Å². The van der Waals surface area contributed by atoms with Gasteiger partial charge in [-0.1, -0.05) is 31.4 Å². The Kier molecular flexibility index (Phi) is 5.67. The van der Waals surface area contributed by atoms with Gasteiger partial charge in [-0.3, -0.25) is 15.7 Å². The van der Waals surface area contributed by atoms with Gasteiger partial charge < -0.3 is 9.67 Å². The van der Waals surface area contributed by atoms with Crippen molar-refractivity contribution in [2.45, 2.75) is 39.2 Å².